The van der Waals surface area contributed by atoms with E-state index in [-0.39, 0.29) is 11.8 Å². The number of nitriles is 1. The summed E-state index contributed by atoms with van der Waals surface area (Å²) in [5, 5.41) is 16.3. The van der Waals surface area contributed by atoms with Crippen LogP contribution < -0.4 is 0 Å². The molecule has 1 saturated heterocycles. The summed E-state index contributed by atoms with van der Waals surface area (Å²) in [6, 6.07) is 2.08. The molecule has 0 radical (unpaired) electrons. The Morgan fingerprint density at radius 3 is 2.95 bits per heavy atom. The topological polar surface area (TPSA) is 77.7 Å². The fourth-order valence-corrected chi connectivity index (χ4v) is 3.03. The molecule has 1 atom stereocenters. The highest BCUT2D eigenvalue weighted by Crippen LogP contribution is 2.28. The number of H-pyrrole nitrogens is 1. The van der Waals surface area contributed by atoms with Crippen LogP contribution in [0.15, 0.2) is 0 Å². The Morgan fingerprint density at radius 1 is 1.62 bits per heavy atom. The normalized spacial score (nSPS) is 19.3. The monoisotopic (exact) mass is 307 g/mol. The van der Waals surface area contributed by atoms with Crippen molar-refractivity contribution in [2.45, 2.75) is 46.1 Å². The van der Waals surface area contributed by atoms with Gasteiger partial charge in [0.15, 0.2) is 4.77 Å². The number of nitrogens with one attached hydrogen (secondary N) is 1. The lowest BCUT2D eigenvalue weighted by Crippen LogP contribution is -2.45. The lowest BCUT2D eigenvalue weighted by atomic mass is 9.90. The van der Waals surface area contributed by atoms with Crippen molar-refractivity contribution in [3.63, 3.8) is 0 Å². The molecular weight excluding hydrogens is 286 g/mol. The van der Waals surface area contributed by atoms with Gasteiger partial charge >= 0.3 is 0 Å². The molecule has 1 aromatic heterocycles. The highest BCUT2D eigenvalue weighted by molar-refractivity contribution is 7.71. The molecule has 0 aromatic carbocycles. The first-order valence-corrected chi connectivity index (χ1v) is 7.67. The van der Waals surface area contributed by atoms with Crippen molar-refractivity contribution in [3.8, 4) is 6.07 Å². The third-order valence-electron chi connectivity index (χ3n) is 3.99. The van der Waals surface area contributed by atoms with Crippen LogP contribution in [0.3, 0.4) is 0 Å². The van der Waals surface area contributed by atoms with Crippen LogP contribution in [0.25, 0.3) is 0 Å². The number of rotatable bonds is 3. The average Bonchev–Trinajstić information content (AvgIpc) is 2.87. The van der Waals surface area contributed by atoms with Gasteiger partial charge in [-0.05, 0) is 45.8 Å². The van der Waals surface area contributed by atoms with Gasteiger partial charge in [0.25, 0.3) is 0 Å². The van der Waals surface area contributed by atoms with Gasteiger partial charge in [-0.25, -0.2) is 0 Å². The third-order valence-corrected chi connectivity index (χ3v) is 4.30. The second kappa shape index (κ2) is 5.98. The zero-order valence-corrected chi connectivity index (χ0v) is 13.5. The summed E-state index contributed by atoms with van der Waals surface area (Å²) in [4.78, 5) is 14.2. The number of piperidine rings is 1. The summed E-state index contributed by atoms with van der Waals surface area (Å²) >= 11 is 5.22. The number of amides is 1. The molecule has 1 aliphatic rings. The zero-order chi connectivity index (χ0) is 15.6. The number of carbonyl (C=O) groups is 1. The molecule has 0 spiro atoms. The lowest BCUT2D eigenvalue weighted by Gasteiger charge is -2.35. The van der Waals surface area contributed by atoms with Crippen LogP contribution in [0.2, 0.25) is 0 Å². The summed E-state index contributed by atoms with van der Waals surface area (Å²) < 4.78 is 2.59. The van der Waals surface area contributed by atoms with Crippen molar-refractivity contribution in [1.29, 1.82) is 5.26 Å². The molecule has 2 heterocycles. The summed E-state index contributed by atoms with van der Waals surface area (Å²) in [6.45, 7) is 7.43. The van der Waals surface area contributed by atoms with Gasteiger partial charge in [-0.1, -0.05) is 0 Å². The maximum absolute atomic E-state index is 12.4. The van der Waals surface area contributed by atoms with E-state index < -0.39 is 5.41 Å². The molecule has 1 aromatic rings. The first kappa shape index (κ1) is 15.7. The van der Waals surface area contributed by atoms with Crippen molar-refractivity contribution in [2.24, 2.45) is 5.41 Å². The van der Waals surface area contributed by atoms with Gasteiger partial charge < -0.3 is 9.47 Å². The van der Waals surface area contributed by atoms with E-state index in [9.17, 15) is 4.79 Å². The minimum absolute atomic E-state index is 0.105. The Hall–Kier alpha value is -1.68. The van der Waals surface area contributed by atoms with E-state index in [1.165, 1.54) is 0 Å². The Labute approximate surface area is 129 Å². The highest BCUT2D eigenvalue weighted by atomic mass is 32.1. The van der Waals surface area contributed by atoms with Crippen molar-refractivity contribution in [3.05, 3.63) is 10.6 Å². The minimum Gasteiger partial charge on any atom is -0.341 e. The van der Waals surface area contributed by atoms with Gasteiger partial charge in [-0.15, -0.1) is 0 Å². The quantitative estimate of drug-likeness (QED) is 0.869. The third kappa shape index (κ3) is 3.00. The van der Waals surface area contributed by atoms with Crippen LogP contribution in [-0.2, 0) is 11.3 Å². The van der Waals surface area contributed by atoms with Crippen LogP contribution >= 0.6 is 12.2 Å². The molecular formula is C14H21N5OS. The molecule has 0 bridgehead atoms. The van der Waals surface area contributed by atoms with Gasteiger partial charge in [-0.2, -0.15) is 10.4 Å². The van der Waals surface area contributed by atoms with Gasteiger partial charge in [0.05, 0.1) is 6.07 Å². The predicted octanol–water partition coefficient (Wildman–Crippen LogP) is 2.22. The zero-order valence-electron chi connectivity index (χ0n) is 12.7. The number of nitrogens with zero attached hydrogens (tertiary/aromatic N) is 4. The Bertz CT molecular complexity index is 624. The maximum Gasteiger partial charge on any atom is 0.242 e. The molecule has 1 amide bonds. The van der Waals surface area contributed by atoms with Crippen molar-refractivity contribution in [2.75, 3.05) is 13.1 Å². The molecule has 7 heteroatoms. The predicted molar refractivity (Wildman–Crippen MR) is 81.0 cm³/mol. The van der Waals surface area contributed by atoms with E-state index >= 15 is 0 Å². The van der Waals surface area contributed by atoms with Crippen LogP contribution in [0.4, 0.5) is 0 Å². The summed E-state index contributed by atoms with van der Waals surface area (Å²) in [5.74, 6) is 0.978. The molecule has 0 saturated carbocycles. The molecule has 1 N–H and O–H groups in total. The van der Waals surface area contributed by atoms with Gasteiger partial charge in [0, 0.05) is 25.6 Å². The number of carbonyl (C=O) groups excluding carboxylic acids is 1. The first-order valence-electron chi connectivity index (χ1n) is 7.26. The standard InChI is InChI=1S/C14H21N5OS/c1-4-19-11(16-17-13(19)21)10-6-5-7-18(8-10)12(20)14(2,3)9-15/h10H,4-8H2,1-3H3,(H,17,21). The van der Waals surface area contributed by atoms with Crippen LogP contribution in [0.1, 0.15) is 45.4 Å². The number of aromatic nitrogens is 3. The van der Waals surface area contributed by atoms with E-state index in [4.69, 9.17) is 17.5 Å². The smallest absolute Gasteiger partial charge is 0.242 e. The van der Waals surface area contributed by atoms with Crippen molar-refractivity contribution in [1.82, 2.24) is 19.7 Å². The lowest BCUT2D eigenvalue weighted by molar-refractivity contribution is -0.138. The molecule has 6 nitrogen and oxygen atoms in total. The molecule has 0 aliphatic carbocycles. The second-order valence-corrected chi connectivity index (χ2v) is 6.35. The fourth-order valence-electron chi connectivity index (χ4n) is 2.76. The summed E-state index contributed by atoms with van der Waals surface area (Å²) in [7, 11) is 0. The summed E-state index contributed by atoms with van der Waals surface area (Å²) in [6.07, 6.45) is 1.90. The number of hydrogen-bond acceptors (Lipinski definition) is 4. The number of likely N-dealkylation sites (tertiary alicyclic amines) is 1. The molecule has 1 aliphatic heterocycles. The van der Waals surface area contributed by atoms with Crippen molar-refractivity contribution < 1.29 is 4.79 Å². The molecule has 2 rings (SSSR count). The van der Waals surface area contributed by atoms with E-state index in [1.807, 2.05) is 11.5 Å². The largest absolute Gasteiger partial charge is 0.341 e. The first-order chi connectivity index (χ1) is 9.90. The molecule has 21 heavy (non-hydrogen) atoms. The molecule has 1 fully saturated rings. The summed E-state index contributed by atoms with van der Waals surface area (Å²) in [5.41, 5.74) is -0.975. The SMILES string of the molecule is CCn1c(C2CCCN(C(=O)C(C)(C)C#N)C2)n[nH]c1=S. The van der Waals surface area contributed by atoms with E-state index in [0.29, 0.717) is 17.9 Å². The Morgan fingerprint density at radius 2 is 2.33 bits per heavy atom. The average molecular weight is 307 g/mol. The van der Waals surface area contributed by atoms with Gasteiger partial charge in [0.2, 0.25) is 5.91 Å². The fraction of sp³-hybridized carbons (Fsp3) is 0.714. The number of hydrogen-bond donors (Lipinski definition) is 1. The molecule has 114 valence electrons. The van der Waals surface area contributed by atoms with E-state index in [2.05, 4.69) is 16.3 Å². The Balaban J connectivity index is 2.20. The van der Waals surface area contributed by atoms with Crippen LogP contribution in [0.5, 0.6) is 0 Å². The van der Waals surface area contributed by atoms with Crippen molar-refractivity contribution >= 4 is 18.1 Å². The van der Waals surface area contributed by atoms with Crippen LogP contribution in [-0.4, -0.2) is 38.7 Å². The second-order valence-electron chi connectivity index (χ2n) is 5.96. The molecule has 1 unspecified atom stereocenters. The number of aromatic amines is 1. The van der Waals surface area contributed by atoms with Gasteiger partial charge in [0.1, 0.15) is 11.2 Å². The highest BCUT2D eigenvalue weighted by Gasteiger charge is 2.35. The minimum atomic E-state index is -0.975. The van der Waals surface area contributed by atoms with E-state index in [1.54, 1.807) is 18.7 Å². The van der Waals surface area contributed by atoms with Gasteiger partial charge in [-0.3, -0.25) is 9.89 Å². The Kier molecular flexibility index (Phi) is 4.47. The maximum atomic E-state index is 12.4. The van der Waals surface area contributed by atoms with Crippen LogP contribution in [0, 0.1) is 21.5 Å². The van der Waals surface area contributed by atoms with E-state index in [0.717, 1.165) is 25.2 Å².